The number of aliphatic carboxylic acids is 2. The molecule has 3 rings (SSSR count). The third-order valence-electron chi connectivity index (χ3n) is 6.44. The zero-order valence-electron chi connectivity index (χ0n) is 22.5. The Morgan fingerprint density at radius 2 is 1.55 bits per heavy atom. The van der Waals surface area contributed by atoms with E-state index in [1.807, 2.05) is 24.3 Å². The average Bonchev–Trinajstić information content (AvgIpc) is 3.47. The second-order valence-corrected chi connectivity index (χ2v) is 9.17. The van der Waals surface area contributed by atoms with Crippen molar-refractivity contribution < 1.29 is 29.3 Å². The molecule has 2 aromatic carbocycles. The number of unbranched alkanes of at least 4 members (excludes halogenated alkanes) is 2. The van der Waals surface area contributed by atoms with Crippen LogP contribution in [0.2, 0.25) is 0 Å². The average molecular weight is 525 g/mol. The lowest BCUT2D eigenvalue weighted by molar-refractivity contribution is -0.134. The van der Waals surface area contributed by atoms with Crippen molar-refractivity contribution in [2.24, 2.45) is 0 Å². The number of rotatable bonds is 14. The van der Waals surface area contributed by atoms with Gasteiger partial charge in [-0.3, -0.25) is 9.69 Å². The second kappa shape index (κ2) is 17.0. The molecular weight excluding hydrogens is 484 g/mol. The van der Waals surface area contributed by atoms with Crippen LogP contribution in [0, 0.1) is 0 Å². The molecule has 2 aromatic rings. The third kappa shape index (κ3) is 11.2. The molecule has 0 bridgehead atoms. The molecule has 0 saturated carbocycles. The normalized spacial score (nSPS) is 12.9. The highest BCUT2D eigenvalue weighted by atomic mass is 16.5. The van der Waals surface area contributed by atoms with E-state index in [-0.39, 0.29) is 5.78 Å². The topological polar surface area (TPSA) is 107 Å². The first-order valence-corrected chi connectivity index (χ1v) is 13.2. The first-order valence-electron chi connectivity index (χ1n) is 13.2. The van der Waals surface area contributed by atoms with E-state index in [0.29, 0.717) is 18.6 Å². The molecule has 0 aromatic heterocycles. The van der Waals surface area contributed by atoms with Crippen LogP contribution < -0.4 is 9.64 Å². The molecule has 1 heterocycles. The van der Waals surface area contributed by atoms with Crippen molar-refractivity contribution in [2.75, 3.05) is 38.2 Å². The SMILES string of the molecule is CCN(CCCCCC(=O)c1ccc(N2CCCC2)cc1)Cc1ccccc1OC.O=C(O)/C=C/C(=O)O. The van der Waals surface area contributed by atoms with E-state index in [1.54, 1.807) is 7.11 Å². The van der Waals surface area contributed by atoms with Crippen LogP contribution in [0.4, 0.5) is 5.69 Å². The quantitative estimate of drug-likeness (QED) is 0.195. The van der Waals surface area contributed by atoms with Gasteiger partial charge in [-0.1, -0.05) is 31.5 Å². The second-order valence-electron chi connectivity index (χ2n) is 9.17. The maximum atomic E-state index is 12.5. The Balaban J connectivity index is 0.000000550. The molecule has 0 spiro atoms. The van der Waals surface area contributed by atoms with Crippen LogP contribution in [-0.4, -0.2) is 66.1 Å². The van der Waals surface area contributed by atoms with Gasteiger partial charge in [-0.25, -0.2) is 9.59 Å². The fraction of sp³-hybridized carbons (Fsp3) is 0.433. The number of carboxylic acids is 2. The van der Waals surface area contributed by atoms with E-state index in [1.165, 1.54) is 24.1 Å². The lowest BCUT2D eigenvalue weighted by atomic mass is 10.0. The van der Waals surface area contributed by atoms with Crippen LogP contribution in [0.5, 0.6) is 5.75 Å². The molecule has 0 atom stereocenters. The lowest BCUT2D eigenvalue weighted by Crippen LogP contribution is -2.24. The van der Waals surface area contributed by atoms with Gasteiger partial charge in [0.25, 0.3) is 0 Å². The first-order chi connectivity index (χ1) is 18.3. The van der Waals surface area contributed by atoms with Crippen LogP contribution in [0.15, 0.2) is 60.7 Å². The Kier molecular flexibility index (Phi) is 13.7. The van der Waals surface area contributed by atoms with E-state index >= 15 is 0 Å². The van der Waals surface area contributed by atoms with Crippen molar-refractivity contribution in [3.05, 3.63) is 71.8 Å². The van der Waals surface area contributed by atoms with Crippen molar-refractivity contribution in [3.8, 4) is 5.75 Å². The Bertz CT molecular complexity index is 1030. The number of hydrogen-bond acceptors (Lipinski definition) is 6. The van der Waals surface area contributed by atoms with Crippen LogP contribution in [0.3, 0.4) is 0 Å². The molecule has 1 aliphatic heterocycles. The van der Waals surface area contributed by atoms with Gasteiger partial charge in [0.05, 0.1) is 7.11 Å². The fourth-order valence-electron chi connectivity index (χ4n) is 4.34. The summed E-state index contributed by atoms with van der Waals surface area (Å²) in [5.41, 5.74) is 3.33. The number of anilines is 1. The van der Waals surface area contributed by atoms with E-state index in [0.717, 1.165) is 63.3 Å². The summed E-state index contributed by atoms with van der Waals surface area (Å²) in [5.74, 6) is -1.29. The molecule has 0 aliphatic carbocycles. The van der Waals surface area contributed by atoms with E-state index < -0.39 is 11.9 Å². The standard InChI is InChI=1S/C26H36N2O2.C4H4O4/c1-3-27(21-23-11-6-7-13-26(23)30-2)18-8-4-5-12-25(29)22-14-16-24(17-15-22)28-19-9-10-20-28;5-3(6)1-2-4(7)8/h6-7,11,13-17H,3-5,8-10,12,18-21H2,1-2H3;1-2H,(H,5,6)(H,7,8)/b;2-1+. The van der Waals surface area contributed by atoms with Gasteiger partial charge in [-0.05, 0) is 69.1 Å². The number of para-hydroxylation sites is 1. The number of Topliss-reactive ketones (excluding diaryl/α,β-unsaturated/α-hetero) is 1. The summed E-state index contributed by atoms with van der Waals surface area (Å²) in [6.07, 6.45) is 7.46. The minimum absolute atomic E-state index is 0.268. The van der Waals surface area contributed by atoms with Gasteiger partial charge in [0.1, 0.15) is 5.75 Å². The molecule has 0 unspecified atom stereocenters. The van der Waals surface area contributed by atoms with Gasteiger partial charge in [0.15, 0.2) is 5.78 Å². The Morgan fingerprint density at radius 3 is 2.13 bits per heavy atom. The van der Waals surface area contributed by atoms with Gasteiger partial charge in [-0.15, -0.1) is 0 Å². The van der Waals surface area contributed by atoms with E-state index in [9.17, 15) is 14.4 Å². The number of carboxylic acid groups (broad SMARTS) is 2. The molecular formula is C30H40N2O6. The molecule has 206 valence electrons. The molecule has 1 aliphatic rings. The summed E-state index contributed by atoms with van der Waals surface area (Å²) < 4.78 is 5.47. The smallest absolute Gasteiger partial charge is 0.328 e. The summed E-state index contributed by atoms with van der Waals surface area (Å²) in [5, 5.41) is 15.6. The van der Waals surface area contributed by atoms with Gasteiger partial charge >= 0.3 is 11.9 Å². The van der Waals surface area contributed by atoms with Gasteiger partial charge in [-0.2, -0.15) is 0 Å². The number of nitrogens with zero attached hydrogens (tertiary/aromatic N) is 2. The number of carbonyl (C=O) groups excluding carboxylic acids is 1. The van der Waals surface area contributed by atoms with Crippen molar-refractivity contribution in [1.82, 2.24) is 4.90 Å². The Hall–Kier alpha value is -3.65. The number of carbonyl (C=O) groups is 3. The first kappa shape index (κ1) is 30.6. The largest absolute Gasteiger partial charge is 0.496 e. The van der Waals surface area contributed by atoms with Crippen molar-refractivity contribution in [2.45, 2.75) is 52.0 Å². The fourth-order valence-corrected chi connectivity index (χ4v) is 4.34. The predicted octanol–water partition coefficient (Wildman–Crippen LogP) is 5.27. The summed E-state index contributed by atoms with van der Waals surface area (Å²) in [6, 6.07) is 16.4. The number of ketones is 1. The number of hydrogen-bond donors (Lipinski definition) is 2. The van der Waals surface area contributed by atoms with Crippen LogP contribution >= 0.6 is 0 Å². The van der Waals surface area contributed by atoms with Crippen LogP contribution in [0.1, 0.15) is 61.4 Å². The molecule has 1 fully saturated rings. The zero-order chi connectivity index (χ0) is 27.8. The molecule has 0 amide bonds. The Labute approximate surface area is 225 Å². The maximum Gasteiger partial charge on any atom is 0.328 e. The van der Waals surface area contributed by atoms with Gasteiger partial charge < -0.3 is 19.8 Å². The Morgan fingerprint density at radius 1 is 0.921 bits per heavy atom. The van der Waals surface area contributed by atoms with Crippen molar-refractivity contribution >= 4 is 23.4 Å². The molecule has 8 heteroatoms. The summed E-state index contributed by atoms with van der Waals surface area (Å²) in [7, 11) is 1.73. The zero-order valence-corrected chi connectivity index (χ0v) is 22.5. The monoisotopic (exact) mass is 524 g/mol. The van der Waals surface area contributed by atoms with Gasteiger partial charge in [0, 0.05) is 55.0 Å². The summed E-state index contributed by atoms with van der Waals surface area (Å²) >= 11 is 0. The van der Waals surface area contributed by atoms with Crippen molar-refractivity contribution in [3.63, 3.8) is 0 Å². The van der Waals surface area contributed by atoms with Crippen LogP contribution in [0.25, 0.3) is 0 Å². The highest BCUT2D eigenvalue weighted by Crippen LogP contribution is 2.22. The summed E-state index contributed by atoms with van der Waals surface area (Å²) in [6.45, 7) is 7.44. The van der Waals surface area contributed by atoms with Crippen LogP contribution in [-0.2, 0) is 16.1 Å². The van der Waals surface area contributed by atoms with E-state index in [4.69, 9.17) is 14.9 Å². The highest BCUT2D eigenvalue weighted by Gasteiger charge is 2.13. The minimum atomic E-state index is -1.26. The predicted molar refractivity (Wildman–Crippen MR) is 149 cm³/mol. The molecule has 8 nitrogen and oxygen atoms in total. The summed E-state index contributed by atoms with van der Waals surface area (Å²) in [4.78, 5) is 36.5. The van der Waals surface area contributed by atoms with Crippen molar-refractivity contribution in [1.29, 1.82) is 0 Å². The highest BCUT2D eigenvalue weighted by molar-refractivity contribution is 5.96. The minimum Gasteiger partial charge on any atom is -0.496 e. The number of ether oxygens (including phenoxy) is 1. The number of methoxy groups -OCH3 is 1. The third-order valence-corrected chi connectivity index (χ3v) is 6.44. The van der Waals surface area contributed by atoms with E-state index in [2.05, 4.69) is 41.0 Å². The molecule has 38 heavy (non-hydrogen) atoms. The molecule has 1 saturated heterocycles. The van der Waals surface area contributed by atoms with Gasteiger partial charge in [0.2, 0.25) is 0 Å². The lowest BCUT2D eigenvalue weighted by Gasteiger charge is -2.21. The molecule has 0 radical (unpaired) electrons. The number of benzene rings is 2. The maximum absolute atomic E-state index is 12.5. The molecule has 2 N–H and O–H groups in total.